The molecule has 4 rings (SSSR count). The average Bonchev–Trinajstić information content (AvgIpc) is 3.05. The summed E-state index contributed by atoms with van der Waals surface area (Å²) in [5.41, 5.74) is 4.33. The van der Waals surface area contributed by atoms with Crippen molar-refractivity contribution in [3.05, 3.63) is 64.5 Å². The van der Waals surface area contributed by atoms with E-state index >= 15 is 0 Å². The second kappa shape index (κ2) is 8.33. The Bertz CT molecular complexity index is 1200. The van der Waals surface area contributed by atoms with Crippen LogP contribution in [-0.4, -0.2) is 23.3 Å². The van der Waals surface area contributed by atoms with E-state index in [0.29, 0.717) is 22.9 Å². The lowest BCUT2D eigenvalue weighted by molar-refractivity contribution is -0.155. The number of aromatic nitrogens is 1. The van der Waals surface area contributed by atoms with E-state index in [1.807, 2.05) is 58.0 Å². The summed E-state index contributed by atoms with van der Waals surface area (Å²) in [5, 5.41) is 14.0. The van der Waals surface area contributed by atoms with Gasteiger partial charge < -0.3 is 14.2 Å². The summed E-state index contributed by atoms with van der Waals surface area (Å²) in [4.78, 5) is 14.9. The van der Waals surface area contributed by atoms with Crippen LogP contribution in [0.2, 0.25) is 5.02 Å². The molecule has 0 aliphatic carbocycles. The number of benzene rings is 2. The third-order valence-electron chi connectivity index (χ3n) is 5.32. The molecule has 0 spiro atoms. The zero-order valence-electron chi connectivity index (χ0n) is 18.5. The van der Waals surface area contributed by atoms with Crippen molar-refractivity contribution in [3.8, 4) is 17.2 Å². The SMILES string of the molecule is Cc1noc2c1-c1ccc(Cl)cc1N(c1ccc(C#N)cc1)CC2CC(=O)OC(C)(C)C. The van der Waals surface area contributed by atoms with Crippen LogP contribution in [0.15, 0.2) is 47.0 Å². The van der Waals surface area contributed by atoms with Crippen LogP contribution in [0.4, 0.5) is 11.4 Å². The first-order valence-electron chi connectivity index (χ1n) is 10.4. The van der Waals surface area contributed by atoms with E-state index in [1.54, 1.807) is 12.1 Å². The van der Waals surface area contributed by atoms with Gasteiger partial charge in [-0.25, -0.2) is 0 Å². The van der Waals surface area contributed by atoms with Crippen LogP contribution in [0.25, 0.3) is 11.1 Å². The summed E-state index contributed by atoms with van der Waals surface area (Å²) in [7, 11) is 0. The van der Waals surface area contributed by atoms with E-state index in [2.05, 4.69) is 16.1 Å². The topological polar surface area (TPSA) is 79.4 Å². The number of fused-ring (bicyclic) bond motifs is 3. The van der Waals surface area contributed by atoms with E-state index in [4.69, 9.17) is 20.9 Å². The van der Waals surface area contributed by atoms with Crippen LogP contribution in [0.5, 0.6) is 0 Å². The van der Waals surface area contributed by atoms with Crippen molar-refractivity contribution in [2.45, 2.75) is 45.6 Å². The molecule has 0 fully saturated rings. The second-order valence-electron chi connectivity index (χ2n) is 8.93. The van der Waals surface area contributed by atoms with Gasteiger partial charge in [-0.05, 0) is 64.1 Å². The zero-order valence-corrected chi connectivity index (χ0v) is 19.2. The Kier molecular flexibility index (Phi) is 5.70. The second-order valence-corrected chi connectivity index (χ2v) is 9.36. The first-order chi connectivity index (χ1) is 15.2. The number of esters is 1. The molecule has 32 heavy (non-hydrogen) atoms. The molecule has 1 aromatic heterocycles. The van der Waals surface area contributed by atoms with Gasteiger partial charge in [0, 0.05) is 34.3 Å². The first kappa shape index (κ1) is 21.9. The van der Waals surface area contributed by atoms with Crippen molar-refractivity contribution in [1.82, 2.24) is 5.16 Å². The summed E-state index contributed by atoms with van der Waals surface area (Å²) >= 11 is 6.38. The van der Waals surface area contributed by atoms with Crippen molar-refractivity contribution >= 4 is 28.9 Å². The van der Waals surface area contributed by atoms with Crippen molar-refractivity contribution in [2.75, 3.05) is 11.4 Å². The highest BCUT2D eigenvalue weighted by Crippen LogP contribution is 2.46. The molecule has 0 saturated carbocycles. The molecular formula is C25H24ClN3O3. The summed E-state index contributed by atoms with van der Waals surface area (Å²) in [5.74, 6) is 0.0715. The van der Waals surface area contributed by atoms with E-state index in [-0.39, 0.29) is 18.3 Å². The van der Waals surface area contributed by atoms with Crippen molar-refractivity contribution in [2.24, 2.45) is 0 Å². The maximum absolute atomic E-state index is 12.7. The minimum atomic E-state index is -0.578. The third-order valence-corrected chi connectivity index (χ3v) is 5.56. The smallest absolute Gasteiger partial charge is 0.307 e. The van der Waals surface area contributed by atoms with Crippen molar-refractivity contribution < 1.29 is 14.1 Å². The average molecular weight is 450 g/mol. The minimum absolute atomic E-state index is 0.146. The lowest BCUT2D eigenvalue weighted by Crippen LogP contribution is -2.28. The Morgan fingerprint density at radius 3 is 2.66 bits per heavy atom. The van der Waals surface area contributed by atoms with Crippen LogP contribution in [0.1, 0.15) is 50.1 Å². The molecule has 1 aliphatic rings. The molecule has 2 aromatic carbocycles. The van der Waals surface area contributed by atoms with Crippen LogP contribution in [0, 0.1) is 18.3 Å². The summed E-state index contributed by atoms with van der Waals surface area (Å²) in [6.45, 7) is 7.90. The summed E-state index contributed by atoms with van der Waals surface area (Å²) < 4.78 is 11.4. The van der Waals surface area contributed by atoms with Gasteiger partial charge in [-0.1, -0.05) is 22.8 Å². The van der Waals surface area contributed by atoms with Gasteiger partial charge in [0.25, 0.3) is 0 Å². The van der Waals surface area contributed by atoms with E-state index in [1.165, 1.54) is 0 Å². The van der Waals surface area contributed by atoms with Gasteiger partial charge in [-0.15, -0.1) is 0 Å². The molecule has 164 valence electrons. The van der Waals surface area contributed by atoms with E-state index < -0.39 is 5.60 Å². The maximum atomic E-state index is 12.7. The Balaban J connectivity index is 1.83. The number of ether oxygens (including phenoxy) is 1. The molecule has 1 aliphatic heterocycles. The standard InChI is InChI=1S/C25H24ClN3O3/c1-15-23-20-10-7-18(26)12-21(20)29(19-8-5-16(13-27)6-9-19)14-17(24(23)32-28-15)11-22(30)31-25(2,3)4/h5-10,12,17H,11,14H2,1-4H3. The number of anilines is 2. The van der Waals surface area contributed by atoms with Gasteiger partial charge in [-0.2, -0.15) is 5.26 Å². The molecule has 2 heterocycles. The van der Waals surface area contributed by atoms with Crippen LogP contribution in [0.3, 0.4) is 0 Å². The van der Waals surface area contributed by atoms with Gasteiger partial charge >= 0.3 is 5.97 Å². The fourth-order valence-corrected chi connectivity index (χ4v) is 4.20. The molecule has 0 N–H and O–H groups in total. The number of hydrogen-bond donors (Lipinski definition) is 0. The predicted octanol–water partition coefficient (Wildman–Crippen LogP) is 6.14. The number of hydrogen-bond acceptors (Lipinski definition) is 6. The number of halogens is 1. The molecule has 0 amide bonds. The molecule has 0 bridgehead atoms. The normalized spacial score (nSPS) is 15.4. The highest BCUT2D eigenvalue weighted by molar-refractivity contribution is 6.31. The van der Waals surface area contributed by atoms with Crippen LogP contribution < -0.4 is 4.90 Å². The molecule has 7 heteroatoms. The molecule has 6 nitrogen and oxygen atoms in total. The number of carbonyl (C=O) groups is 1. The van der Waals surface area contributed by atoms with Gasteiger partial charge in [0.15, 0.2) is 0 Å². The highest BCUT2D eigenvalue weighted by Gasteiger charge is 2.35. The van der Waals surface area contributed by atoms with Crippen molar-refractivity contribution in [1.29, 1.82) is 5.26 Å². The molecule has 0 radical (unpaired) electrons. The molecule has 1 unspecified atom stereocenters. The Morgan fingerprint density at radius 2 is 2.00 bits per heavy atom. The van der Waals surface area contributed by atoms with Gasteiger partial charge in [0.2, 0.25) is 0 Å². The Labute approximate surface area is 192 Å². The lowest BCUT2D eigenvalue weighted by atomic mass is 9.95. The lowest BCUT2D eigenvalue weighted by Gasteiger charge is -2.28. The third kappa shape index (κ3) is 4.35. The fraction of sp³-hybridized carbons (Fsp3) is 0.320. The molecule has 3 aromatic rings. The Hall–Kier alpha value is -3.30. The molecule has 0 saturated heterocycles. The zero-order chi connectivity index (χ0) is 23.0. The monoisotopic (exact) mass is 449 g/mol. The van der Waals surface area contributed by atoms with E-state index in [0.717, 1.165) is 28.2 Å². The largest absolute Gasteiger partial charge is 0.460 e. The number of carbonyl (C=O) groups excluding carboxylic acids is 1. The first-order valence-corrected chi connectivity index (χ1v) is 10.8. The van der Waals surface area contributed by atoms with Crippen LogP contribution in [-0.2, 0) is 9.53 Å². The maximum Gasteiger partial charge on any atom is 0.307 e. The number of aryl methyl sites for hydroxylation is 1. The predicted molar refractivity (Wildman–Crippen MR) is 123 cm³/mol. The summed E-state index contributed by atoms with van der Waals surface area (Å²) in [6.07, 6.45) is 0.146. The highest BCUT2D eigenvalue weighted by atomic mass is 35.5. The summed E-state index contributed by atoms with van der Waals surface area (Å²) in [6, 6.07) is 15.2. The fourth-order valence-electron chi connectivity index (χ4n) is 4.04. The quantitative estimate of drug-likeness (QED) is 0.446. The van der Waals surface area contributed by atoms with Crippen molar-refractivity contribution in [3.63, 3.8) is 0 Å². The molecule has 1 atom stereocenters. The van der Waals surface area contributed by atoms with Gasteiger partial charge in [0.1, 0.15) is 11.4 Å². The van der Waals surface area contributed by atoms with Crippen LogP contribution >= 0.6 is 11.6 Å². The Morgan fingerprint density at radius 1 is 1.28 bits per heavy atom. The van der Waals surface area contributed by atoms with Gasteiger partial charge in [-0.3, -0.25) is 4.79 Å². The van der Waals surface area contributed by atoms with Gasteiger partial charge in [0.05, 0.1) is 29.4 Å². The number of rotatable bonds is 3. The molecular weight excluding hydrogens is 426 g/mol. The van der Waals surface area contributed by atoms with E-state index in [9.17, 15) is 10.1 Å². The number of nitriles is 1. The minimum Gasteiger partial charge on any atom is -0.460 e. The number of nitrogens with zero attached hydrogens (tertiary/aromatic N) is 3.